The Bertz CT molecular complexity index is 454. The predicted octanol–water partition coefficient (Wildman–Crippen LogP) is 3.04. The van der Waals surface area contributed by atoms with Gasteiger partial charge in [-0.3, -0.25) is 4.79 Å². The molecular formula is C18H28O4. The third kappa shape index (κ3) is 2.77. The molecule has 0 aromatic heterocycles. The quantitative estimate of drug-likeness (QED) is 0.412. The zero-order chi connectivity index (χ0) is 15.8. The first kappa shape index (κ1) is 16.2. The molecule has 1 spiro atoms. The molecule has 0 amide bonds. The highest BCUT2D eigenvalue weighted by Crippen LogP contribution is 2.58. The largest absolute Gasteiger partial charge is 0.373 e. The standard InChI is InChI=1S/C18H28O4/c1-4-5-6-7-8-9-14-17(2,22-14)16-15(20-3)13(19)10-11-18(16)12-21-18/h7-8,14-16H,4-6,9-12H2,1-3H3. The van der Waals surface area contributed by atoms with Crippen molar-refractivity contribution in [2.24, 2.45) is 5.92 Å². The van der Waals surface area contributed by atoms with Crippen LogP contribution in [-0.2, 0) is 19.0 Å². The molecule has 5 atom stereocenters. The lowest BCUT2D eigenvalue weighted by Crippen LogP contribution is -2.52. The van der Waals surface area contributed by atoms with Gasteiger partial charge in [0.1, 0.15) is 17.3 Å². The number of hydrogen-bond acceptors (Lipinski definition) is 4. The van der Waals surface area contributed by atoms with Gasteiger partial charge in [-0.2, -0.15) is 0 Å². The van der Waals surface area contributed by atoms with Gasteiger partial charge in [0.2, 0.25) is 0 Å². The van der Waals surface area contributed by atoms with E-state index in [1.807, 2.05) is 0 Å². The minimum absolute atomic E-state index is 0.0280. The summed E-state index contributed by atoms with van der Waals surface area (Å²) in [6.07, 6.45) is 10.2. The van der Waals surface area contributed by atoms with Gasteiger partial charge >= 0.3 is 0 Å². The fraction of sp³-hybridized carbons (Fsp3) is 0.833. The number of unbranched alkanes of at least 4 members (excludes halogenated alkanes) is 2. The summed E-state index contributed by atoms with van der Waals surface area (Å²) in [4.78, 5) is 12.2. The van der Waals surface area contributed by atoms with Gasteiger partial charge in [-0.15, -0.1) is 0 Å². The number of rotatable bonds is 7. The lowest BCUT2D eigenvalue weighted by Gasteiger charge is -2.37. The number of methoxy groups -OCH3 is 1. The number of carbonyl (C=O) groups is 1. The van der Waals surface area contributed by atoms with Crippen LogP contribution >= 0.6 is 0 Å². The van der Waals surface area contributed by atoms with E-state index in [0.717, 1.165) is 25.9 Å². The molecule has 124 valence electrons. The Morgan fingerprint density at radius 2 is 2.18 bits per heavy atom. The number of carbonyl (C=O) groups excluding carboxylic acids is 1. The molecule has 0 radical (unpaired) electrons. The summed E-state index contributed by atoms with van der Waals surface area (Å²) in [6, 6.07) is 0. The average molecular weight is 308 g/mol. The Kier molecular flexibility index (Phi) is 4.45. The molecule has 0 N–H and O–H groups in total. The summed E-state index contributed by atoms with van der Waals surface area (Å²) in [5.41, 5.74) is -0.466. The Morgan fingerprint density at radius 1 is 1.41 bits per heavy atom. The van der Waals surface area contributed by atoms with E-state index in [0.29, 0.717) is 6.42 Å². The molecule has 0 bridgehead atoms. The van der Waals surface area contributed by atoms with Gasteiger partial charge in [-0.05, 0) is 26.2 Å². The van der Waals surface area contributed by atoms with Crippen LogP contribution in [0.2, 0.25) is 0 Å². The van der Waals surface area contributed by atoms with Gasteiger partial charge in [-0.1, -0.05) is 31.9 Å². The topological polar surface area (TPSA) is 51.4 Å². The number of epoxide rings is 2. The first-order valence-corrected chi connectivity index (χ1v) is 8.59. The van der Waals surface area contributed by atoms with Crippen molar-refractivity contribution in [1.82, 2.24) is 0 Å². The summed E-state index contributed by atoms with van der Waals surface area (Å²) in [5, 5.41) is 0. The van der Waals surface area contributed by atoms with Gasteiger partial charge in [0.25, 0.3) is 0 Å². The summed E-state index contributed by atoms with van der Waals surface area (Å²) in [5.74, 6) is 0.225. The van der Waals surface area contributed by atoms with Gasteiger partial charge in [0.05, 0.1) is 18.6 Å². The second kappa shape index (κ2) is 6.06. The first-order valence-electron chi connectivity index (χ1n) is 8.59. The van der Waals surface area contributed by atoms with E-state index < -0.39 is 0 Å². The minimum Gasteiger partial charge on any atom is -0.373 e. The zero-order valence-corrected chi connectivity index (χ0v) is 14.0. The molecule has 1 saturated carbocycles. The molecule has 4 heteroatoms. The molecule has 0 aromatic rings. The van der Waals surface area contributed by atoms with Crippen molar-refractivity contribution in [3.05, 3.63) is 12.2 Å². The smallest absolute Gasteiger partial charge is 0.162 e. The number of ketones is 1. The molecule has 4 nitrogen and oxygen atoms in total. The molecule has 2 heterocycles. The van der Waals surface area contributed by atoms with Crippen molar-refractivity contribution in [2.75, 3.05) is 13.7 Å². The van der Waals surface area contributed by atoms with Crippen LogP contribution in [0.3, 0.4) is 0 Å². The van der Waals surface area contributed by atoms with Crippen LogP contribution < -0.4 is 0 Å². The molecule has 2 saturated heterocycles. The molecule has 5 unspecified atom stereocenters. The summed E-state index contributed by atoms with van der Waals surface area (Å²) in [7, 11) is 1.63. The highest BCUT2D eigenvalue weighted by atomic mass is 16.6. The second-order valence-corrected chi connectivity index (χ2v) is 7.09. The lowest BCUT2D eigenvalue weighted by molar-refractivity contribution is -0.142. The van der Waals surface area contributed by atoms with Gasteiger partial charge in [-0.25, -0.2) is 0 Å². The summed E-state index contributed by atoms with van der Waals surface area (Å²) < 4.78 is 17.4. The Balaban J connectivity index is 1.64. The van der Waals surface area contributed by atoms with Crippen molar-refractivity contribution in [2.45, 2.75) is 75.8 Å². The zero-order valence-electron chi connectivity index (χ0n) is 14.0. The molecule has 0 aromatic carbocycles. The first-order chi connectivity index (χ1) is 10.6. The van der Waals surface area contributed by atoms with E-state index in [4.69, 9.17) is 14.2 Å². The van der Waals surface area contributed by atoms with Crippen molar-refractivity contribution in [3.8, 4) is 0 Å². The highest BCUT2D eigenvalue weighted by Gasteiger charge is 2.71. The SMILES string of the molecule is CCCCC=CCC1OC1(C)C1C(OC)C(=O)CCC12CO2. The maximum Gasteiger partial charge on any atom is 0.162 e. The molecule has 2 aliphatic heterocycles. The maximum absolute atomic E-state index is 12.2. The molecular weight excluding hydrogens is 280 g/mol. The van der Waals surface area contributed by atoms with Crippen molar-refractivity contribution < 1.29 is 19.0 Å². The molecule has 1 aliphatic carbocycles. The number of hydrogen-bond donors (Lipinski definition) is 0. The Morgan fingerprint density at radius 3 is 2.82 bits per heavy atom. The van der Waals surface area contributed by atoms with Crippen LogP contribution in [0.25, 0.3) is 0 Å². The van der Waals surface area contributed by atoms with Crippen molar-refractivity contribution in [1.29, 1.82) is 0 Å². The number of ether oxygens (including phenoxy) is 3. The van der Waals surface area contributed by atoms with Crippen molar-refractivity contribution in [3.63, 3.8) is 0 Å². The lowest BCUT2D eigenvalue weighted by atomic mass is 9.69. The van der Waals surface area contributed by atoms with Gasteiger partial charge in [0, 0.05) is 13.5 Å². The van der Waals surface area contributed by atoms with Crippen molar-refractivity contribution >= 4 is 5.78 Å². The normalized spacial score (nSPS) is 44.0. The third-order valence-electron chi connectivity index (χ3n) is 5.59. The van der Waals surface area contributed by atoms with E-state index in [1.54, 1.807) is 7.11 Å². The van der Waals surface area contributed by atoms with Crippen LogP contribution in [0.4, 0.5) is 0 Å². The molecule has 22 heavy (non-hydrogen) atoms. The van der Waals surface area contributed by atoms with E-state index >= 15 is 0 Å². The number of Topliss-reactive ketones (excluding diaryl/α,β-unsaturated/α-hetero) is 1. The van der Waals surface area contributed by atoms with Crippen LogP contribution in [0.5, 0.6) is 0 Å². The highest BCUT2D eigenvalue weighted by molar-refractivity contribution is 5.85. The van der Waals surface area contributed by atoms with E-state index in [-0.39, 0.29) is 35.1 Å². The minimum atomic E-state index is -0.379. The monoisotopic (exact) mass is 308 g/mol. The third-order valence-corrected chi connectivity index (χ3v) is 5.59. The van der Waals surface area contributed by atoms with E-state index in [9.17, 15) is 4.79 Å². The van der Waals surface area contributed by atoms with Crippen LogP contribution in [0, 0.1) is 5.92 Å². The van der Waals surface area contributed by atoms with Crippen LogP contribution in [0.1, 0.15) is 52.4 Å². The molecule has 3 aliphatic rings. The predicted molar refractivity (Wildman–Crippen MR) is 83.8 cm³/mol. The van der Waals surface area contributed by atoms with E-state index in [2.05, 4.69) is 26.0 Å². The Labute approximate surface area is 133 Å². The van der Waals surface area contributed by atoms with Crippen LogP contribution in [0.15, 0.2) is 12.2 Å². The second-order valence-electron chi connectivity index (χ2n) is 7.09. The van der Waals surface area contributed by atoms with Gasteiger partial charge in [0.15, 0.2) is 5.78 Å². The van der Waals surface area contributed by atoms with Crippen LogP contribution in [-0.4, -0.2) is 42.9 Å². The van der Waals surface area contributed by atoms with Gasteiger partial charge < -0.3 is 14.2 Å². The fourth-order valence-corrected chi connectivity index (χ4v) is 4.09. The number of allylic oxidation sites excluding steroid dienone is 1. The fourth-order valence-electron chi connectivity index (χ4n) is 4.09. The molecule has 3 fully saturated rings. The summed E-state index contributed by atoms with van der Waals surface area (Å²) in [6.45, 7) is 5.06. The van der Waals surface area contributed by atoms with E-state index in [1.165, 1.54) is 12.8 Å². The Hall–Kier alpha value is -0.710. The maximum atomic E-state index is 12.2. The summed E-state index contributed by atoms with van der Waals surface area (Å²) >= 11 is 0. The molecule has 3 rings (SSSR count). The average Bonchev–Trinajstić information content (AvgIpc) is 3.40.